The van der Waals surface area contributed by atoms with E-state index in [4.69, 9.17) is 5.26 Å². The third kappa shape index (κ3) is 1.75. The van der Waals surface area contributed by atoms with Gasteiger partial charge in [0.15, 0.2) is 0 Å². The summed E-state index contributed by atoms with van der Waals surface area (Å²) in [5.41, 5.74) is -0.655. The lowest BCUT2D eigenvalue weighted by atomic mass is 10.0. The van der Waals surface area contributed by atoms with Crippen LogP contribution in [-0.2, 0) is 4.79 Å². The van der Waals surface area contributed by atoms with Gasteiger partial charge in [-0.1, -0.05) is 13.8 Å². The van der Waals surface area contributed by atoms with Crippen molar-refractivity contribution in [1.29, 1.82) is 5.26 Å². The summed E-state index contributed by atoms with van der Waals surface area (Å²) in [6.07, 6.45) is 3.40. The molecule has 3 nitrogen and oxygen atoms in total. The summed E-state index contributed by atoms with van der Waals surface area (Å²) >= 11 is 0. The summed E-state index contributed by atoms with van der Waals surface area (Å²) in [6.45, 7) is 4.15. The Balaban J connectivity index is 2.66. The minimum atomic E-state index is -0.655. The van der Waals surface area contributed by atoms with E-state index in [1.165, 1.54) is 0 Å². The minimum Gasteiger partial charge on any atom is -0.341 e. The molecular weight excluding hydrogens is 176 g/mol. The highest BCUT2D eigenvalue weighted by Gasteiger charge is 2.52. The predicted molar refractivity (Wildman–Crippen MR) is 54.4 cm³/mol. The SMILES string of the molecule is CCC(CC)N(C)C(=O)C1(C#N)CC1. The lowest BCUT2D eigenvalue weighted by molar-refractivity contribution is -0.135. The number of carbonyl (C=O) groups is 1. The summed E-state index contributed by atoms with van der Waals surface area (Å²) in [5.74, 6) is 0.0219. The Kier molecular flexibility index (Phi) is 3.15. The average Bonchev–Trinajstić information content (AvgIpc) is 2.99. The monoisotopic (exact) mass is 194 g/mol. The van der Waals surface area contributed by atoms with E-state index in [0.29, 0.717) is 0 Å². The maximum absolute atomic E-state index is 11.9. The van der Waals surface area contributed by atoms with E-state index in [1.807, 2.05) is 7.05 Å². The molecule has 0 aliphatic heterocycles. The molecule has 0 aromatic rings. The fourth-order valence-electron chi connectivity index (χ4n) is 1.84. The Labute approximate surface area is 85.7 Å². The highest BCUT2D eigenvalue weighted by atomic mass is 16.2. The molecule has 1 aliphatic rings. The highest BCUT2D eigenvalue weighted by Crippen LogP contribution is 2.46. The Morgan fingerprint density at radius 2 is 2.00 bits per heavy atom. The van der Waals surface area contributed by atoms with E-state index in [9.17, 15) is 4.79 Å². The first-order chi connectivity index (χ1) is 6.61. The second kappa shape index (κ2) is 4.00. The number of amides is 1. The van der Waals surface area contributed by atoms with Crippen LogP contribution in [0.3, 0.4) is 0 Å². The van der Waals surface area contributed by atoms with Gasteiger partial charge in [0, 0.05) is 13.1 Å². The number of hydrogen-bond donors (Lipinski definition) is 0. The zero-order valence-corrected chi connectivity index (χ0v) is 9.21. The van der Waals surface area contributed by atoms with Gasteiger partial charge in [0.1, 0.15) is 5.41 Å². The van der Waals surface area contributed by atoms with Crippen molar-refractivity contribution in [3.8, 4) is 6.07 Å². The van der Waals surface area contributed by atoms with Gasteiger partial charge in [-0.25, -0.2) is 0 Å². The first-order valence-electron chi connectivity index (χ1n) is 5.29. The predicted octanol–water partition coefficient (Wildman–Crippen LogP) is 1.94. The van der Waals surface area contributed by atoms with Gasteiger partial charge in [-0.05, 0) is 25.7 Å². The smallest absolute Gasteiger partial charge is 0.243 e. The summed E-state index contributed by atoms with van der Waals surface area (Å²) in [5, 5.41) is 8.91. The van der Waals surface area contributed by atoms with E-state index in [-0.39, 0.29) is 11.9 Å². The van der Waals surface area contributed by atoms with Gasteiger partial charge in [0.25, 0.3) is 0 Å². The quantitative estimate of drug-likeness (QED) is 0.686. The molecule has 1 fully saturated rings. The molecule has 78 valence electrons. The van der Waals surface area contributed by atoms with Gasteiger partial charge in [0.2, 0.25) is 5.91 Å². The standard InChI is InChI=1S/C11H18N2O/c1-4-9(5-2)13(3)10(14)11(8-12)6-7-11/h9H,4-7H2,1-3H3. The Morgan fingerprint density at radius 3 is 2.29 bits per heavy atom. The molecule has 0 N–H and O–H groups in total. The fraction of sp³-hybridized carbons (Fsp3) is 0.818. The first-order valence-corrected chi connectivity index (χ1v) is 5.29. The molecular formula is C11H18N2O. The average molecular weight is 194 g/mol. The molecule has 1 aliphatic carbocycles. The molecule has 0 unspecified atom stereocenters. The number of hydrogen-bond acceptors (Lipinski definition) is 2. The van der Waals surface area contributed by atoms with Crippen molar-refractivity contribution in [2.24, 2.45) is 5.41 Å². The van der Waals surface area contributed by atoms with E-state index in [1.54, 1.807) is 4.90 Å². The van der Waals surface area contributed by atoms with Crippen molar-refractivity contribution < 1.29 is 4.79 Å². The van der Waals surface area contributed by atoms with Crippen LogP contribution in [0.4, 0.5) is 0 Å². The molecule has 0 aromatic carbocycles. The molecule has 0 heterocycles. The Hall–Kier alpha value is -1.04. The van der Waals surface area contributed by atoms with Crippen molar-refractivity contribution in [2.75, 3.05) is 7.05 Å². The van der Waals surface area contributed by atoms with E-state index < -0.39 is 5.41 Å². The molecule has 0 saturated heterocycles. The number of carbonyl (C=O) groups excluding carboxylic acids is 1. The Bertz CT molecular complexity index is 259. The van der Waals surface area contributed by atoms with Crippen molar-refractivity contribution in [3.05, 3.63) is 0 Å². The molecule has 1 amide bonds. The zero-order valence-electron chi connectivity index (χ0n) is 9.21. The lowest BCUT2D eigenvalue weighted by Crippen LogP contribution is -2.40. The number of nitriles is 1. The summed E-state index contributed by atoms with van der Waals surface area (Å²) in [7, 11) is 1.82. The molecule has 1 saturated carbocycles. The van der Waals surface area contributed by atoms with Crippen molar-refractivity contribution in [2.45, 2.75) is 45.6 Å². The van der Waals surface area contributed by atoms with Gasteiger partial charge in [-0.3, -0.25) is 4.79 Å². The van der Waals surface area contributed by atoms with Gasteiger partial charge in [-0.2, -0.15) is 5.26 Å². The molecule has 14 heavy (non-hydrogen) atoms. The number of rotatable bonds is 4. The molecule has 1 rings (SSSR count). The highest BCUT2D eigenvalue weighted by molar-refractivity contribution is 5.88. The second-order valence-corrected chi connectivity index (χ2v) is 4.08. The molecule has 3 heteroatoms. The van der Waals surface area contributed by atoms with Crippen LogP contribution in [0.1, 0.15) is 39.5 Å². The fourth-order valence-corrected chi connectivity index (χ4v) is 1.84. The van der Waals surface area contributed by atoms with Crippen molar-refractivity contribution in [1.82, 2.24) is 4.90 Å². The van der Waals surface area contributed by atoms with Gasteiger partial charge >= 0.3 is 0 Å². The lowest BCUT2D eigenvalue weighted by Gasteiger charge is -2.27. The molecule has 0 spiro atoms. The van der Waals surface area contributed by atoms with Gasteiger partial charge < -0.3 is 4.90 Å². The van der Waals surface area contributed by atoms with Gasteiger partial charge in [0.05, 0.1) is 6.07 Å². The van der Waals surface area contributed by atoms with Crippen molar-refractivity contribution in [3.63, 3.8) is 0 Å². The summed E-state index contributed by atoms with van der Waals surface area (Å²) < 4.78 is 0. The zero-order chi connectivity index (χ0) is 10.8. The largest absolute Gasteiger partial charge is 0.341 e. The third-order valence-electron chi connectivity index (χ3n) is 3.18. The summed E-state index contributed by atoms with van der Waals surface area (Å²) in [6, 6.07) is 2.43. The third-order valence-corrected chi connectivity index (χ3v) is 3.18. The van der Waals surface area contributed by atoms with Crippen molar-refractivity contribution >= 4 is 5.91 Å². The van der Waals surface area contributed by atoms with E-state index in [2.05, 4.69) is 19.9 Å². The van der Waals surface area contributed by atoms with Crippen LogP contribution in [-0.4, -0.2) is 23.9 Å². The minimum absolute atomic E-state index is 0.0219. The van der Waals surface area contributed by atoms with Gasteiger partial charge in [-0.15, -0.1) is 0 Å². The molecule has 0 radical (unpaired) electrons. The van der Waals surface area contributed by atoms with Crippen LogP contribution < -0.4 is 0 Å². The van der Waals surface area contributed by atoms with E-state index >= 15 is 0 Å². The maximum atomic E-state index is 11.9. The van der Waals surface area contributed by atoms with Crippen LogP contribution in [0.5, 0.6) is 0 Å². The summed E-state index contributed by atoms with van der Waals surface area (Å²) in [4.78, 5) is 13.7. The van der Waals surface area contributed by atoms with Crippen LogP contribution in [0, 0.1) is 16.7 Å². The molecule has 0 atom stereocenters. The van der Waals surface area contributed by atoms with Crippen LogP contribution in [0.2, 0.25) is 0 Å². The van der Waals surface area contributed by atoms with E-state index in [0.717, 1.165) is 25.7 Å². The maximum Gasteiger partial charge on any atom is 0.243 e. The Morgan fingerprint density at radius 1 is 1.50 bits per heavy atom. The van der Waals surface area contributed by atoms with Crippen LogP contribution in [0.25, 0.3) is 0 Å². The van der Waals surface area contributed by atoms with Crippen LogP contribution in [0.15, 0.2) is 0 Å². The molecule has 0 bridgehead atoms. The topological polar surface area (TPSA) is 44.1 Å². The van der Waals surface area contributed by atoms with Crippen LogP contribution >= 0.6 is 0 Å². The number of nitrogens with zero attached hydrogens (tertiary/aromatic N) is 2. The normalized spacial score (nSPS) is 17.6. The second-order valence-electron chi connectivity index (χ2n) is 4.08. The first kappa shape index (κ1) is 11.0. The molecule has 0 aromatic heterocycles.